The van der Waals surface area contributed by atoms with E-state index >= 15 is 0 Å². The third-order valence-corrected chi connectivity index (χ3v) is 2.21. The molecule has 0 spiro atoms. The molecule has 0 aliphatic carbocycles. The van der Waals surface area contributed by atoms with Crippen LogP contribution in [0.2, 0.25) is 0 Å². The van der Waals surface area contributed by atoms with Crippen molar-refractivity contribution in [2.45, 2.75) is 5.16 Å². The molecule has 5 heteroatoms. The summed E-state index contributed by atoms with van der Waals surface area (Å²) in [6.07, 6.45) is 3.63. The van der Waals surface area contributed by atoms with Gasteiger partial charge in [-0.1, -0.05) is 11.8 Å². The van der Waals surface area contributed by atoms with E-state index in [9.17, 15) is 9.59 Å². The first-order valence-electron chi connectivity index (χ1n) is 3.26. The summed E-state index contributed by atoms with van der Waals surface area (Å²) in [6.45, 7) is 0. The van der Waals surface area contributed by atoms with Crippen molar-refractivity contribution < 1.29 is 4.79 Å². The Morgan fingerprint density at radius 2 is 2.33 bits per heavy atom. The molecule has 1 aromatic heterocycles. The van der Waals surface area contributed by atoms with Crippen LogP contribution in [-0.2, 0) is 7.05 Å². The van der Waals surface area contributed by atoms with Gasteiger partial charge in [-0.05, 0) is 6.26 Å². The summed E-state index contributed by atoms with van der Waals surface area (Å²) >= 11 is 1.36. The largest absolute Gasteiger partial charge is 0.298 e. The second-order valence-electron chi connectivity index (χ2n) is 2.18. The maximum absolute atomic E-state index is 11.3. The van der Waals surface area contributed by atoms with Crippen molar-refractivity contribution in [3.63, 3.8) is 0 Å². The van der Waals surface area contributed by atoms with Crippen molar-refractivity contribution in [2.75, 3.05) is 6.26 Å². The second-order valence-corrected chi connectivity index (χ2v) is 2.96. The molecule has 0 N–H and O–H groups in total. The van der Waals surface area contributed by atoms with Crippen molar-refractivity contribution in [3.8, 4) is 0 Å². The van der Waals surface area contributed by atoms with Crippen LogP contribution in [0, 0.1) is 0 Å². The Bertz CT molecular complexity index is 359. The summed E-state index contributed by atoms with van der Waals surface area (Å²) in [5.41, 5.74) is -0.209. The van der Waals surface area contributed by atoms with Gasteiger partial charge >= 0.3 is 0 Å². The Kier molecular flexibility index (Phi) is 2.65. The number of nitrogens with zero attached hydrogens (tertiary/aromatic N) is 2. The quantitative estimate of drug-likeness (QED) is 0.377. The lowest BCUT2D eigenvalue weighted by Gasteiger charge is -2.02. The van der Waals surface area contributed by atoms with E-state index in [-0.39, 0.29) is 11.1 Å². The Hall–Kier alpha value is -1.10. The molecule has 12 heavy (non-hydrogen) atoms. The molecular formula is C7H8N2O2S. The monoisotopic (exact) mass is 184 g/mol. The first kappa shape index (κ1) is 8.99. The number of hydrogen-bond acceptors (Lipinski definition) is 4. The van der Waals surface area contributed by atoms with Crippen LogP contribution < -0.4 is 5.56 Å². The maximum Gasteiger partial charge on any atom is 0.264 e. The highest BCUT2D eigenvalue weighted by Crippen LogP contribution is 2.06. The molecule has 1 heterocycles. The predicted molar refractivity (Wildman–Crippen MR) is 46.6 cm³/mol. The predicted octanol–water partition coefficient (Wildman–Crippen LogP) is 0.315. The third-order valence-electron chi connectivity index (χ3n) is 1.46. The minimum Gasteiger partial charge on any atom is -0.298 e. The molecule has 1 aromatic rings. The molecule has 0 saturated heterocycles. The van der Waals surface area contributed by atoms with Gasteiger partial charge in [0.25, 0.3) is 5.56 Å². The van der Waals surface area contributed by atoms with Crippen LogP contribution in [0.3, 0.4) is 0 Å². The Morgan fingerprint density at radius 1 is 1.67 bits per heavy atom. The highest BCUT2D eigenvalue weighted by atomic mass is 32.2. The van der Waals surface area contributed by atoms with Crippen LogP contribution >= 0.6 is 11.8 Å². The van der Waals surface area contributed by atoms with Gasteiger partial charge in [0.15, 0.2) is 11.4 Å². The standard InChI is InChI=1S/C7H8N2O2S/c1-9-6(11)5(4-10)3-8-7(9)12-2/h3-4H,1-2H3. The summed E-state index contributed by atoms with van der Waals surface area (Å²) in [6, 6.07) is 0. The fraction of sp³-hybridized carbons (Fsp3) is 0.286. The van der Waals surface area contributed by atoms with Gasteiger partial charge in [-0.15, -0.1) is 0 Å². The van der Waals surface area contributed by atoms with Gasteiger partial charge in [0.1, 0.15) is 0 Å². The number of carbonyl (C=O) groups excluding carboxylic acids is 1. The van der Waals surface area contributed by atoms with Crippen molar-refractivity contribution in [1.29, 1.82) is 0 Å². The van der Waals surface area contributed by atoms with Gasteiger partial charge < -0.3 is 0 Å². The van der Waals surface area contributed by atoms with E-state index < -0.39 is 0 Å². The molecule has 0 aliphatic rings. The average molecular weight is 184 g/mol. The van der Waals surface area contributed by atoms with E-state index in [0.717, 1.165) is 0 Å². The molecule has 0 fully saturated rings. The summed E-state index contributed by atoms with van der Waals surface area (Å²) in [4.78, 5) is 25.5. The van der Waals surface area contributed by atoms with E-state index in [1.807, 2.05) is 6.26 Å². The smallest absolute Gasteiger partial charge is 0.264 e. The van der Waals surface area contributed by atoms with Gasteiger partial charge in [0.2, 0.25) is 0 Å². The molecule has 0 amide bonds. The molecule has 1 rings (SSSR count). The summed E-state index contributed by atoms with van der Waals surface area (Å²) in [5, 5.41) is 0.602. The molecule has 0 aromatic carbocycles. The molecule has 0 aliphatic heterocycles. The summed E-state index contributed by atoms with van der Waals surface area (Å²) in [5.74, 6) is 0. The SMILES string of the molecule is CSc1ncc(C=O)c(=O)n1C. The van der Waals surface area contributed by atoms with Crippen LogP contribution in [0.25, 0.3) is 0 Å². The zero-order valence-electron chi connectivity index (χ0n) is 6.77. The zero-order valence-corrected chi connectivity index (χ0v) is 7.59. The van der Waals surface area contributed by atoms with Crippen LogP contribution in [0.4, 0.5) is 0 Å². The minimum absolute atomic E-state index is 0.0929. The average Bonchev–Trinajstić information content (AvgIpc) is 2.10. The Labute approximate surface area is 73.6 Å². The van der Waals surface area contributed by atoms with Gasteiger partial charge in [-0.3, -0.25) is 14.2 Å². The number of rotatable bonds is 2. The van der Waals surface area contributed by atoms with Gasteiger partial charge in [0.05, 0.1) is 5.56 Å². The topological polar surface area (TPSA) is 52.0 Å². The fourth-order valence-corrected chi connectivity index (χ4v) is 1.33. The van der Waals surface area contributed by atoms with Gasteiger partial charge in [-0.2, -0.15) is 0 Å². The molecule has 0 radical (unpaired) electrons. The molecule has 0 unspecified atom stereocenters. The minimum atomic E-state index is -0.302. The van der Waals surface area contributed by atoms with E-state index in [2.05, 4.69) is 4.98 Å². The molecule has 4 nitrogen and oxygen atoms in total. The first-order valence-corrected chi connectivity index (χ1v) is 4.48. The molecule has 0 saturated carbocycles. The lowest BCUT2D eigenvalue weighted by molar-refractivity contribution is 0.112. The van der Waals surface area contributed by atoms with Gasteiger partial charge in [-0.25, -0.2) is 4.98 Å². The Morgan fingerprint density at radius 3 is 2.83 bits per heavy atom. The van der Waals surface area contributed by atoms with Crippen molar-refractivity contribution in [1.82, 2.24) is 9.55 Å². The zero-order chi connectivity index (χ0) is 9.14. The highest BCUT2D eigenvalue weighted by molar-refractivity contribution is 7.98. The van der Waals surface area contributed by atoms with Crippen molar-refractivity contribution in [2.24, 2.45) is 7.05 Å². The Balaban J connectivity index is 3.40. The molecule has 0 bridgehead atoms. The summed E-state index contributed by atoms with van der Waals surface area (Å²) < 4.78 is 1.36. The normalized spacial score (nSPS) is 9.83. The number of aldehydes is 1. The van der Waals surface area contributed by atoms with Crippen molar-refractivity contribution in [3.05, 3.63) is 22.1 Å². The van der Waals surface area contributed by atoms with E-state index in [0.29, 0.717) is 11.4 Å². The number of thioether (sulfide) groups is 1. The summed E-state index contributed by atoms with van der Waals surface area (Å²) in [7, 11) is 1.59. The number of carbonyl (C=O) groups is 1. The highest BCUT2D eigenvalue weighted by Gasteiger charge is 2.04. The molecule has 0 atom stereocenters. The van der Waals surface area contributed by atoms with E-state index in [4.69, 9.17) is 0 Å². The molecular weight excluding hydrogens is 176 g/mol. The maximum atomic E-state index is 11.3. The third kappa shape index (κ3) is 1.40. The van der Waals surface area contributed by atoms with Crippen LogP contribution in [0.15, 0.2) is 16.1 Å². The lowest BCUT2D eigenvalue weighted by Crippen LogP contribution is -2.22. The second kappa shape index (κ2) is 3.53. The number of aromatic nitrogens is 2. The van der Waals surface area contributed by atoms with Gasteiger partial charge in [0, 0.05) is 13.2 Å². The van der Waals surface area contributed by atoms with Crippen LogP contribution in [-0.4, -0.2) is 22.1 Å². The van der Waals surface area contributed by atoms with E-state index in [1.165, 1.54) is 22.5 Å². The van der Waals surface area contributed by atoms with Crippen LogP contribution in [0.1, 0.15) is 10.4 Å². The lowest BCUT2D eigenvalue weighted by atomic mass is 10.4. The molecule has 64 valence electrons. The number of hydrogen-bond donors (Lipinski definition) is 0. The fourth-order valence-electron chi connectivity index (χ4n) is 0.818. The van der Waals surface area contributed by atoms with Crippen molar-refractivity contribution >= 4 is 18.0 Å². The first-order chi connectivity index (χ1) is 5.70. The van der Waals surface area contributed by atoms with Crippen LogP contribution in [0.5, 0.6) is 0 Å². The van der Waals surface area contributed by atoms with E-state index in [1.54, 1.807) is 7.05 Å².